The van der Waals surface area contributed by atoms with Gasteiger partial charge in [-0.2, -0.15) is 0 Å². The first-order valence-electron chi connectivity index (χ1n) is 7.34. The number of carbonyl (C=O) groups is 1. The number of aryl methyl sites for hydroxylation is 2. The number of benzene rings is 2. The van der Waals surface area contributed by atoms with E-state index in [1.54, 1.807) is 0 Å². The van der Waals surface area contributed by atoms with Crippen molar-refractivity contribution in [1.29, 1.82) is 0 Å². The molecule has 21 heavy (non-hydrogen) atoms. The normalized spacial score (nSPS) is 11.0. The molecule has 106 valence electrons. The molecule has 0 unspecified atom stereocenters. The summed E-state index contributed by atoms with van der Waals surface area (Å²) in [5.74, 6) is 0. The van der Waals surface area contributed by atoms with Crippen molar-refractivity contribution in [2.24, 2.45) is 0 Å². The first-order chi connectivity index (χ1) is 10.2. The molecule has 2 aromatic carbocycles. The molecule has 0 bridgehead atoms. The van der Waals surface area contributed by atoms with Gasteiger partial charge in [-0.05, 0) is 24.5 Å². The minimum atomic E-state index is 0.771. The highest BCUT2D eigenvalue weighted by Crippen LogP contribution is 2.25. The Morgan fingerprint density at radius 3 is 2.52 bits per heavy atom. The molecule has 3 aromatic rings. The summed E-state index contributed by atoms with van der Waals surface area (Å²) in [6, 6.07) is 14.8. The molecular weight excluding hydrogens is 258 g/mol. The molecule has 2 heteroatoms. The maximum absolute atomic E-state index is 11.3. The number of rotatable bonds is 4. The number of aromatic nitrogens is 1. The second kappa shape index (κ2) is 5.57. The van der Waals surface area contributed by atoms with Gasteiger partial charge in [0.25, 0.3) is 0 Å². The van der Waals surface area contributed by atoms with Gasteiger partial charge in [-0.3, -0.25) is 4.79 Å². The number of nitrogens with zero attached hydrogens (tertiary/aromatic N) is 1. The van der Waals surface area contributed by atoms with Crippen LogP contribution in [-0.2, 0) is 13.0 Å². The van der Waals surface area contributed by atoms with Crippen molar-refractivity contribution < 1.29 is 4.79 Å². The Morgan fingerprint density at radius 2 is 1.86 bits per heavy atom. The summed E-state index contributed by atoms with van der Waals surface area (Å²) in [6.07, 6.45) is 3.89. The van der Waals surface area contributed by atoms with E-state index in [0.29, 0.717) is 0 Å². The van der Waals surface area contributed by atoms with E-state index in [1.807, 2.05) is 18.3 Å². The summed E-state index contributed by atoms with van der Waals surface area (Å²) in [4.78, 5) is 11.3. The standard InChI is InChI=1S/C19H19NO/c1-3-16-5-4-6-18-17(13-21)12-20(19(16)18)11-15-9-7-14(2)8-10-15/h4-10,12-13H,3,11H2,1-2H3. The summed E-state index contributed by atoms with van der Waals surface area (Å²) in [7, 11) is 0. The number of hydrogen-bond acceptors (Lipinski definition) is 1. The van der Waals surface area contributed by atoms with Gasteiger partial charge < -0.3 is 4.57 Å². The van der Waals surface area contributed by atoms with Crippen LogP contribution in [0.15, 0.2) is 48.7 Å². The van der Waals surface area contributed by atoms with E-state index in [9.17, 15) is 4.79 Å². The molecule has 0 N–H and O–H groups in total. The molecule has 0 saturated heterocycles. The maximum atomic E-state index is 11.3. The van der Waals surface area contributed by atoms with E-state index in [4.69, 9.17) is 0 Å². The molecule has 0 atom stereocenters. The lowest BCUT2D eigenvalue weighted by atomic mass is 10.1. The number of hydrogen-bond donors (Lipinski definition) is 0. The molecule has 0 aliphatic heterocycles. The van der Waals surface area contributed by atoms with Crippen LogP contribution in [0.3, 0.4) is 0 Å². The van der Waals surface area contributed by atoms with Gasteiger partial charge >= 0.3 is 0 Å². The van der Waals surface area contributed by atoms with Crippen LogP contribution in [0.2, 0.25) is 0 Å². The summed E-state index contributed by atoms with van der Waals surface area (Å²) in [5, 5.41) is 1.05. The molecule has 2 nitrogen and oxygen atoms in total. The van der Waals surface area contributed by atoms with Crippen molar-refractivity contribution in [2.75, 3.05) is 0 Å². The zero-order valence-corrected chi connectivity index (χ0v) is 12.5. The molecule has 1 heterocycles. The predicted molar refractivity (Wildman–Crippen MR) is 87.0 cm³/mol. The maximum Gasteiger partial charge on any atom is 0.152 e. The Labute approximate surface area is 125 Å². The molecule has 0 aliphatic carbocycles. The second-order valence-electron chi connectivity index (χ2n) is 5.48. The van der Waals surface area contributed by atoms with Crippen molar-refractivity contribution in [2.45, 2.75) is 26.8 Å². The highest BCUT2D eigenvalue weighted by molar-refractivity contribution is 5.99. The number of carbonyl (C=O) groups excluding carboxylic acids is 1. The third kappa shape index (κ3) is 2.49. The number of aldehydes is 1. The van der Waals surface area contributed by atoms with E-state index in [-0.39, 0.29) is 0 Å². The predicted octanol–water partition coefficient (Wildman–Crippen LogP) is 4.37. The fourth-order valence-electron chi connectivity index (χ4n) is 2.86. The molecule has 0 spiro atoms. The number of para-hydroxylation sites is 1. The van der Waals surface area contributed by atoms with Gasteiger partial charge in [-0.25, -0.2) is 0 Å². The first-order valence-corrected chi connectivity index (χ1v) is 7.34. The monoisotopic (exact) mass is 277 g/mol. The van der Waals surface area contributed by atoms with Gasteiger partial charge in [0.15, 0.2) is 6.29 Å². The van der Waals surface area contributed by atoms with E-state index in [0.717, 1.165) is 30.2 Å². The molecular formula is C19H19NO. The summed E-state index contributed by atoms with van der Waals surface area (Å²) < 4.78 is 2.20. The Hall–Kier alpha value is -2.35. The SMILES string of the molecule is CCc1cccc2c(C=O)cn(Cc3ccc(C)cc3)c12. The smallest absolute Gasteiger partial charge is 0.152 e. The van der Waals surface area contributed by atoms with Crippen LogP contribution in [0.5, 0.6) is 0 Å². The molecule has 0 saturated carbocycles. The molecule has 0 amide bonds. The molecule has 1 aromatic heterocycles. The second-order valence-corrected chi connectivity index (χ2v) is 5.48. The summed E-state index contributed by atoms with van der Waals surface area (Å²) >= 11 is 0. The quantitative estimate of drug-likeness (QED) is 0.649. The largest absolute Gasteiger partial charge is 0.342 e. The third-order valence-electron chi connectivity index (χ3n) is 3.99. The van der Waals surface area contributed by atoms with Gasteiger partial charge in [0.1, 0.15) is 0 Å². The van der Waals surface area contributed by atoms with Crippen LogP contribution in [0.25, 0.3) is 10.9 Å². The van der Waals surface area contributed by atoms with Crippen LogP contribution in [0.1, 0.15) is 34.0 Å². The fourth-order valence-corrected chi connectivity index (χ4v) is 2.86. The molecule has 3 rings (SSSR count). The molecule has 0 aliphatic rings. The summed E-state index contributed by atoms with van der Waals surface area (Å²) in [6.45, 7) is 5.04. The van der Waals surface area contributed by atoms with Gasteiger partial charge in [0.2, 0.25) is 0 Å². The lowest BCUT2D eigenvalue weighted by molar-refractivity contribution is 0.112. The van der Waals surface area contributed by atoms with Gasteiger partial charge in [-0.1, -0.05) is 55.0 Å². The van der Waals surface area contributed by atoms with Crippen molar-refractivity contribution in [3.05, 3.63) is 70.9 Å². The Balaban J connectivity index is 2.13. The zero-order valence-electron chi connectivity index (χ0n) is 12.5. The topological polar surface area (TPSA) is 22.0 Å². The van der Waals surface area contributed by atoms with E-state index < -0.39 is 0 Å². The minimum Gasteiger partial charge on any atom is -0.342 e. The van der Waals surface area contributed by atoms with Crippen molar-refractivity contribution in [1.82, 2.24) is 4.57 Å². The van der Waals surface area contributed by atoms with E-state index in [1.165, 1.54) is 22.2 Å². The lowest BCUT2D eigenvalue weighted by Gasteiger charge is -2.09. The Bertz CT molecular complexity index is 781. The fraction of sp³-hybridized carbons (Fsp3) is 0.211. The van der Waals surface area contributed by atoms with Gasteiger partial charge in [0.05, 0.1) is 5.52 Å². The highest BCUT2D eigenvalue weighted by Gasteiger charge is 2.11. The highest BCUT2D eigenvalue weighted by atomic mass is 16.1. The Morgan fingerprint density at radius 1 is 1.10 bits per heavy atom. The van der Waals surface area contributed by atoms with Crippen molar-refractivity contribution >= 4 is 17.2 Å². The van der Waals surface area contributed by atoms with Crippen LogP contribution in [-0.4, -0.2) is 10.9 Å². The Kier molecular flexibility index (Phi) is 3.61. The van der Waals surface area contributed by atoms with Crippen molar-refractivity contribution in [3.63, 3.8) is 0 Å². The average Bonchev–Trinajstić information content (AvgIpc) is 2.87. The lowest BCUT2D eigenvalue weighted by Crippen LogP contribution is -2.00. The van der Waals surface area contributed by atoms with E-state index >= 15 is 0 Å². The molecule has 0 radical (unpaired) electrons. The minimum absolute atomic E-state index is 0.771. The number of fused-ring (bicyclic) bond motifs is 1. The van der Waals surface area contributed by atoms with Crippen molar-refractivity contribution in [3.8, 4) is 0 Å². The van der Waals surface area contributed by atoms with Gasteiger partial charge in [-0.15, -0.1) is 0 Å². The zero-order chi connectivity index (χ0) is 14.8. The average molecular weight is 277 g/mol. The summed E-state index contributed by atoms with van der Waals surface area (Å²) in [5.41, 5.74) is 5.75. The van der Waals surface area contributed by atoms with E-state index in [2.05, 4.69) is 48.7 Å². The first kappa shape index (κ1) is 13.6. The van der Waals surface area contributed by atoms with Crippen LogP contribution >= 0.6 is 0 Å². The van der Waals surface area contributed by atoms with Crippen LogP contribution in [0, 0.1) is 6.92 Å². The van der Waals surface area contributed by atoms with Gasteiger partial charge in [0, 0.05) is 23.7 Å². The van der Waals surface area contributed by atoms with Crippen LogP contribution in [0.4, 0.5) is 0 Å². The third-order valence-corrected chi connectivity index (χ3v) is 3.99. The van der Waals surface area contributed by atoms with Crippen LogP contribution < -0.4 is 0 Å². The molecule has 0 fully saturated rings.